The molecule has 0 spiro atoms. The topological polar surface area (TPSA) is 83.8 Å². The van der Waals surface area contributed by atoms with Crippen molar-refractivity contribution in [3.05, 3.63) is 24.4 Å². The molecule has 4 N–H and O–H groups in total. The van der Waals surface area contributed by atoms with Gasteiger partial charge in [-0.25, -0.2) is 0 Å². The SMILES string of the molecule is C=CC(C)NC(=O)c1cc(N)n[nH]1. The van der Waals surface area contributed by atoms with Crippen LogP contribution in [0, 0.1) is 0 Å². The number of nitrogens with one attached hydrogen (secondary N) is 2. The Balaban J connectivity index is 2.63. The van der Waals surface area contributed by atoms with Gasteiger partial charge < -0.3 is 11.1 Å². The zero-order valence-electron chi connectivity index (χ0n) is 7.37. The van der Waals surface area contributed by atoms with Crippen LogP contribution in [0.3, 0.4) is 0 Å². The first-order valence-corrected chi connectivity index (χ1v) is 3.87. The van der Waals surface area contributed by atoms with Crippen molar-refractivity contribution < 1.29 is 4.79 Å². The Morgan fingerprint density at radius 3 is 3.08 bits per heavy atom. The number of carbonyl (C=O) groups excluding carboxylic acids is 1. The number of aromatic nitrogens is 2. The van der Waals surface area contributed by atoms with Gasteiger partial charge >= 0.3 is 0 Å². The Bertz CT molecular complexity index is 318. The number of amides is 1. The minimum Gasteiger partial charge on any atom is -0.382 e. The Labute approximate surface area is 76.0 Å². The molecule has 0 aliphatic rings. The van der Waals surface area contributed by atoms with Crippen molar-refractivity contribution in [2.75, 3.05) is 5.73 Å². The standard InChI is InChI=1S/C8H12N4O/c1-3-5(2)10-8(13)6-4-7(9)12-11-6/h3-5H,1H2,2H3,(H,10,13)(H3,9,11,12). The molecule has 1 aromatic rings. The van der Waals surface area contributed by atoms with E-state index in [2.05, 4.69) is 22.1 Å². The fourth-order valence-corrected chi connectivity index (χ4v) is 0.797. The highest BCUT2D eigenvalue weighted by Crippen LogP contribution is 2.00. The van der Waals surface area contributed by atoms with Crippen LogP contribution in [-0.2, 0) is 0 Å². The van der Waals surface area contributed by atoms with Crippen LogP contribution in [0.25, 0.3) is 0 Å². The number of nitrogen functional groups attached to an aromatic ring is 1. The number of aromatic amines is 1. The quantitative estimate of drug-likeness (QED) is 0.585. The maximum atomic E-state index is 11.3. The minimum absolute atomic E-state index is 0.0722. The van der Waals surface area contributed by atoms with Gasteiger partial charge in [0.1, 0.15) is 11.5 Å². The summed E-state index contributed by atoms with van der Waals surface area (Å²) in [5.41, 5.74) is 5.69. The van der Waals surface area contributed by atoms with Crippen molar-refractivity contribution in [2.24, 2.45) is 0 Å². The van der Waals surface area contributed by atoms with Crippen LogP contribution in [0.15, 0.2) is 18.7 Å². The zero-order valence-corrected chi connectivity index (χ0v) is 7.37. The van der Waals surface area contributed by atoms with Crippen LogP contribution in [0.2, 0.25) is 0 Å². The van der Waals surface area contributed by atoms with Crippen LogP contribution in [0.5, 0.6) is 0 Å². The molecule has 0 saturated heterocycles. The molecular weight excluding hydrogens is 168 g/mol. The lowest BCUT2D eigenvalue weighted by Gasteiger charge is -2.06. The lowest BCUT2D eigenvalue weighted by molar-refractivity contribution is 0.0942. The van der Waals surface area contributed by atoms with Crippen molar-refractivity contribution in [3.8, 4) is 0 Å². The predicted molar refractivity (Wildman–Crippen MR) is 50.1 cm³/mol. The number of carbonyl (C=O) groups is 1. The van der Waals surface area contributed by atoms with Gasteiger partial charge in [-0.15, -0.1) is 6.58 Å². The molecule has 0 saturated carbocycles. The maximum Gasteiger partial charge on any atom is 0.269 e. The highest BCUT2D eigenvalue weighted by Gasteiger charge is 2.09. The number of H-pyrrole nitrogens is 1. The van der Waals surface area contributed by atoms with E-state index in [-0.39, 0.29) is 11.9 Å². The van der Waals surface area contributed by atoms with Crippen molar-refractivity contribution in [1.82, 2.24) is 15.5 Å². The van der Waals surface area contributed by atoms with Crippen LogP contribution < -0.4 is 11.1 Å². The first kappa shape index (κ1) is 9.31. The van der Waals surface area contributed by atoms with E-state index in [1.807, 2.05) is 6.92 Å². The van der Waals surface area contributed by atoms with Crippen molar-refractivity contribution in [3.63, 3.8) is 0 Å². The van der Waals surface area contributed by atoms with Crippen LogP contribution in [-0.4, -0.2) is 22.1 Å². The Morgan fingerprint density at radius 2 is 2.62 bits per heavy atom. The predicted octanol–water partition coefficient (Wildman–Crippen LogP) is 0.296. The highest BCUT2D eigenvalue weighted by molar-refractivity contribution is 5.93. The van der Waals surface area contributed by atoms with Crippen LogP contribution in [0.4, 0.5) is 5.82 Å². The Morgan fingerprint density at radius 1 is 1.92 bits per heavy atom. The summed E-state index contributed by atoms with van der Waals surface area (Å²) < 4.78 is 0. The number of rotatable bonds is 3. The Kier molecular flexibility index (Phi) is 2.69. The molecule has 1 atom stereocenters. The number of nitrogens with two attached hydrogens (primary N) is 1. The van der Waals surface area contributed by atoms with E-state index in [1.165, 1.54) is 6.07 Å². The summed E-state index contributed by atoms with van der Waals surface area (Å²) in [4.78, 5) is 11.3. The highest BCUT2D eigenvalue weighted by atomic mass is 16.2. The fourth-order valence-electron chi connectivity index (χ4n) is 0.797. The summed E-state index contributed by atoms with van der Waals surface area (Å²) in [6, 6.07) is 1.41. The van der Waals surface area contributed by atoms with Crippen molar-refractivity contribution >= 4 is 11.7 Å². The van der Waals surface area contributed by atoms with E-state index in [0.717, 1.165) is 0 Å². The number of hydrogen-bond acceptors (Lipinski definition) is 3. The van der Waals surface area contributed by atoms with Crippen LogP contribution >= 0.6 is 0 Å². The summed E-state index contributed by atoms with van der Waals surface area (Å²) in [5.74, 6) is 0.0630. The number of anilines is 1. The van der Waals surface area contributed by atoms with Gasteiger partial charge in [-0.05, 0) is 6.92 Å². The summed E-state index contributed by atoms with van der Waals surface area (Å²) in [7, 11) is 0. The second-order valence-electron chi connectivity index (χ2n) is 2.70. The molecular formula is C8H12N4O. The molecule has 0 radical (unpaired) electrons. The average molecular weight is 180 g/mol. The molecule has 1 unspecified atom stereocenters. The molecule has 5 heteroatoms. The third kappa shape index (κ3) is 2.33. The molecule has 0 aromatic carbocycles. The van der Waals surface area contributed by atoms with Gasteiger partial charge in [0.15, 0.2) is 0 Å². The van der Waals surface area contributed by atoms with E-state index in [0.29, 0.717) is 11.5 Å². The van der Waals surface area contributed by atoms with Gasteiger partial charge in [0.05, 0.1) is 0 Å². The minimum atomic E-state index is -0.239. The first-order valence-electron chi connectivity index (χ1n) is 3.87. The Hall–Kier alpha value is -1.78. The summed E-state index contributed by atoms with van der Waals surface area (Å²) >= 11 is 0. The molecule has 0 fully saturated rings. The number of hydrogen-bond donors (Lipinski definition) is 3. The normalized spacial score (nSPS) is 12.1. The molecule has 70 valence electrons. The smallest absolute Gasteiger partial charge is 0.269 e. The van der Waals surface area contributed by atoms with Crippen LogP contribution in [0.1, 0.15) is 17.4 Å². The van der Waals surface area contributed by atoms with Gasteiger partial charge in [0.2, 0.25) is 0 Å². The molecule has 5 nitrogen and oxygen atoms in total. The molecule has 1 aromatic heterocycles. The summed E-state index contributed by atoms with van der Waals surface area (Å²) in [5, 5.41) is 8.83. The van der Waals surface area contributed by atoms with Gasteiger partial charge in [-0.3, -0.25) is 9.89 Å². The van der Waals surface area contributed by atoms with Gasteiger partial charge in [0, 0.05) is 12.1 Å². The second kappa shape index (κ2) is 3.75. The molecule has 0 aliphatic carbocycles. The second-order valence-corrected chi connectivity index (χ2v) is 2.70. The molecule has 1 rings (SSSR count). The van der Waals surface area contributed by atoms with E-state index < -0.39 is 0 Å². The maximum absolute atomic E-state index is 11.3. The summed E-state index contributed by atoms with van der Waals surface area (Å²) in [6.07, 6.45) is 1.64. The third-order valence-electron chi connectivity index (χ3n) is 1.55. The summed E-state index contributed by atoms with van der Waals surface area (Å²) in [6.45, 7) is 5.37. The van der Waals surface area contributed by atoms with Gasteiger partial charge in [-0.2, -0.15) is 5.10 Å². The third-order valence-corrected chi connectivity index (χ3v) is 1.55. The number of nitrogens with zero attached hydrogens (tertiary/aromatic N) is 1. The van der Waals surface area contributed by atoms with Crippen molar-refractivity contribution in [1.29, 1.82) is 0 Å². The lowest BCUT2D eigenvalue weighted by atomic mass is 10.3. The molecule has 13 heavy (non-hydrogen) atoms. The van der Waals surface area contributed by atoms with Gasteiger partial charge in [-0.1, -0.05) is 6.08 Å². The van der Waals surface area contributed by atoms with Crippen molar-refractivity contribution in [2.45, 2.75) is 13.0 Å². The lowest BCUT2D eigenvalue weighted by Crippen LogP contribution is -2.31. The van der Waals surface area contributed by atoms with E-state index in [1.54, 1.807) is 6.08 Å². The average Bonchev–Trinajstić information content (AvgIpc) is 2.51. The molecule has 1 heterocycles. The molecule has 0 bridgehead atoms. The first-order chi connectivity index (χ1) is 6.13. The van der Waals surface area contributed by atoms with E-state index in [9.17, 15) is 4.79 Å². The fraction of sp³-hybridized carbons (Fsp3) is 0.250. The zero-order chi connectivity index (χ0) is 9.84. The largest absolute Gasteiger partial charge is 0.382 e. The van der Waals surface area contributed by atoms with Gasteiger partial charge in [0.25, 0.3) is 5.91 Å². The van der Waals surface area contributed by atoms with E-state index >= 15 is 0 Å². The van der Waals surface area contributed by atoms with E-state index in [4.69, 9.17) is 5.73 Å². The molecule has 0 aliphatic heterocycles. The molecule has 1 amide bonds. The monoisotopic (exact) mass is 180 g/mol.